The van der Waals surface area contributed by atoms with Gasteiger partial charge in [0.25, 0.3) is 5.91 Å². The minimum absolute atomic E-state index is 0.102. The van der Waals surface area contributed by atoms with Gasteiger partial charge in [-0.05, 0) is 37.5 Å². The molecule has 2 N–H and O–H groups in total. The number of amides is 1. The van der Waals surface area contributed by atoms with Gasteiger partial charge in [0.1, 0.15) is 10.7 Å². The number of carbonyl (C=O) groups excluding carboxylic acids is 1. The van der Waals surface area contributed by atoms with E-state index >= 15 is 0 Å². The molecule has 3 fully saturated rings. The zero-order valence-electron chi connectivity index (χ0n) is 12.3. The number of nitrogen functional groups attached to an aromatic ring is 1. The van der Waals surface area contributed by atoms with Crippen LogP contribution in [0.25, 0.3) is 0 Å². The van der Waals surface area contributed by atoms with E-state index in [4.69, 9.17) is 5.73 Å². The summed E-state index contributed by atoms with van der Waals surface area (Å²) >= 11 is 1.48. The normalized spacial score (nSPS) is 28.4. The molecule has 2 unspecified atom stereocenters. The van der Waals surface area contributed by atoms with Crippen LogP contribution in [0.2, 0.25) is 0 Å². The van der Waals surface area contributed by atoms with E-state index in [1.54, 1.807) is 0 Å². The van der Waals surface area contributed by atoms with Crippen LogP contribution >= 0.6 is 11.3 Å². The van der Waals surface area contributed by atoms with Crippen LogP contribution in [0.4, 0.5) is 10.9 Å². The molecule has 0 bridgehead atoms. The molecule has 2 atom stereocenters. The summed E-state index contributed by atoms with van der Waals surface area (Å²) in [5, 5.41) is 0.924. The molecule has 4 rings (SSSR count). The lowest BCUT2D eigenvalue weighted by Gasteiger charge is -2.16. The Balaban J connectivity index is 1.51. The molecule has 6 heteroatoms. The number of likely N-dealkylation sites (tertiary alicyclic amines) is 1. The van der Waals surface area contributed by atoms with E-state index in [1.807, 2.05) is 4.90 Å². The number of nitrogens with zero attached hydrogens (tertiary/aromatic N) is 3. The number of fused-ring (bicyclic) bond motifs is 1. The highest BCUT2D eigenvalue weighted by Crippen LogP contribution is 2.39. The van der Waals surface area contributed by atoms with Gasteiger partial charge in [-0.3, -0.25) is 4.79 Å². The maximum atomic E-state index is 12.7. The molecule has 0 aromatic carbocycles. The molecule has 1 aromatic rings. The Morgan fingerprint density at radius 2 is 1.81 bits per heavy atom. The van der Waals surface area contributed by atoms with Crippen molar-refractivity contribution < 1.29 is 4.79 Å². The average molecular weight is 306 g/mol. The second-order valence-corrected chi connectivity index (χ2v) is 7.54. The molecule has 2 aliphatic heterocycles. The summed E-state index contributed by atoms with van der Waals surface area (Å²) in [5.74, 6) is 1.97. The summed E-state index contributed by atoms with van der Waals surface area (Å²) in [6, 6.07) is 0. The molecule has 114 valence electrons. The fourth-order valence-electron chi connectivity index (χ4n) is 4.06. The van der Waals surface area contributed by atoms with Crippen molar-refractivity contribution in [1.29, 1.82) is 0 Å². The summed E-state index contributed by atoms with van der Waals surface area (Å²) in [4.78, 5) is 22.1. The van der Waals surface area contributed by atoms with Crippen molar-refractivity contribution in [2.75, 3.05) is 36.8 Å². The van der Waals surface area contributed by atoms with Crippen LogP contribution < -0.4 is 10.6 Å². The number of anilines is 2. The second-order valence-electron chi connectivity index (χ2n) is 6.57. The van der Waals surface area contributed by atoms with E-state index in [0.717, 1.165) is 43.1 Å². The third-order valence-corrected chi connectivity index (χ3v) is 6.35. The van der Waals surface area contributed by atoms with E-state index < -0.39 is 0 Å². The van der Waals surface area contributed by atoms with Gasteiger partial charge in [-0.15, -0.1) is 0 Å². The van der Waals surface area contributed by atoms with Gasteiger partial charge in [0.15, 0.2) is 5.13 Å². The quantitative estimate of drug-likeness (QED) is 0.910. The fourth-order valence-corrected chi connectivity index (χ4v) is 5.07. The van der Waals surface area contributed by atoms with Crippen molar-refractivity contribution in [3.05, 3.63) is 4.88 Å². The predicted octanol–water partition coefficient (Wildman–Crippen LogP) is 2.20. The number of hydrogen-bond acceptors (Lipinski definition) is 5. The van der Waals surface area contributed by atoms with Crippen molar-refractivity contribution in [3.8, 4) is 0 Å². The molecule has 1 amide bonds. The number of aromatic nitrogens is 1. The molecular formula is C15H22N4OS. The van der Waals surface area contributed by atoms with Crippen molar-refractivity contribution in [2.24, 2.45) is 11.8 Å². The van der Waals surface area contributed by atoms with Gasteiger partial charge in [-0.2, -0.15) is 0 Å². The molecule has 2 saturated heterocycles. The lowest BCUT2D eigenvalue weighted by atomic mass is 10.0. The zero-order valence-corrected chi connectivity index (χ0v) is 13.1. The fraction of sp³-hybridized carbons (Fsp3) is 0.733. The highest BCUT2D eigenvalue weighted by atomic mass is 32.1. The summed E-state index contributed by atoms with van der Waals surface area (Å²) in [6.45, 7) is 3.91. The van der Waals surface area contributed by atoms with Gasteiger partial charge in [-0.1, -0.05) is 17.8 Å². The second kappa shape index (κ2) is 5.16. The summed E-state index contributed by atoms with van der Waals surface area (Å²) in [5.41, 5.74) is 6.02. The number of nitrogens with two attached hydrogens (primary N) is 1. The van der Waals surface area contributed by atoms with Crippen molar-refractivity contribution >= 4 is 28.2 Å². The van der Waals surface area contributed by atoms with Gasteiger partial charge in [-0.25, -0.2) is 4.98 Å². The van der Waals surface area contributed by atoms with Crippen LogP contribution in [-0.4, -0.2) is 42.0 Å². The number of carbonyl (C=O) groups is 1. The average Bonchev–Trinajstić information content (AvgIpc) is 3.21. The van der Waals surface area contributed by atoms with Crippen LogP contribution in [0.15, 0.2) is 0 Å². The number of rotatable bonds is 2. The summed E-state index contributed by atoms with van der Waals surface area (Å²) in [7, 11) is 0. The Hall–Kier alpha value is -1.30. The lowest BCUT2D eigenvalue weighted by Crippen LogP contribution is -2.29. The first kappa shape index (κ1) is 13.4. The molecule has 0 spiro atoms. The topological polar surface area (TPSA) is 62.5 Å². The summed E-state index contributed by atoms with van der Waals surface area (Å²) < 4.78 is 0. The number of hydrogen-bond donors (Lipinski definition) is 1. The SMILES string of the molecule is Nc1nc(N2CCCC2)sc1C(=O)N1CC2CCCC2C1. The smallest absolute Gasteiger partial charge is 0.267 e. The highest BCUT2D eigenvalue weighted by molar-refractivity contribution is 7.18. The maximum Gasteiger partial charge on any atom is 0.267 e. The van der Waals surface area contributed by atoms with Crippen molar-refractivity contribution in [3.63, 3.8) is 0 Å². The standard InChI is InChI=1S/C15H22N4OS/c16-13-12(21-15(17-13)18-6-1-2-7-18)14(20)19-8-10-4-3-5-11(10)9-19/h10-11H,1-9,16H2. The van der Waals surface area contributed by atoms with Gasteiger partial charge >= 0.3 is 0 Å². The minimum Gasteiger partial charge on any atom is -0.382 e. The Morgan fingerprint density at radius 3 is 2.48 bits per heavy atom. The molecule has 3 aliphatic rings. The largest absolute Gasteiger partial charge is 0.382 e. The maximum absolute atomic E-state index is 12.7. The van der Waals surface area contributed by atoms with Gasteiger partial charge in [0, 0.05) is 26.2 Å². The van der Waals surface area contributed by atoms with Crippen LogP contribution in [-0.2, 0) is 0 Å². The number of thiazole rings is 1. The van der Waals surface area contributed by atoms with Crippen LogP contribution in [0.5, 0.6) is 0 Å². The molecule has 0 radical (unpaired) electrons. The molecule has 1 aliphatic carbocycles. The van der Waals surface area contributed by atoms with Crippen molar-refractivity contribution in [1.82, 2.24) is 9.88 Å². The zero-order chi connectivity index (χ0) is 14.4. The summed E-state index contributed by atoms with van der Waals surface area (Å²) in [6.07, 6.45) is 6.31. The predicted molar refractivity (Wildman–Crippen MR) is 84.7 cm³/mol. The minimum atomic E-state index is 0.102. The molecule has 5 nitrogen and oxygen atoms in total. The molecule has 1 saturated carbocycles. The molecular weight excluding hydrogens is 284 g/mol. The van der Waals surface area contributed by atoms with E-state index in [2.05, 4.69) is 9.88 Å². The highest BCUT2D eigenvalue weighted by Gasteiger charge is 2.39. The van der Waals surface area contributed by atoms with Gasteiger partial charge < -0.3 is 15.5 Å². The molecule has 21 heavy (non-hydrogen) atoms. The first-order valence-corrected chi connectivity index (χ1v) is 8.84. The van der Waals surface area contributed by atoms with Crippen LogP contribution in [0, 0.1) is 11.8 Å². The Kier molecular flexibility index (Phi) is 3.28. The molecule has 3 heterocycles. The lowest BCUT2D eigenvalue weighted by molar-refractivity contribution is 0.0786. The van der Waals surface area contributed by atoms with Crippen molar-refractivity contribution in [2.45, 2.75) is 32.1 Å². The van der Waals surface area contributed by atoms with E-state index in [1.165, 1.54) is 43.4 Å². The van der Waals surface area contributed by atoms with Gasteiger partial charge in [0.05, 0.1) is 0 Å². The van der Waals surface area contributed by atoms with Crippen LogP contribution in [0.1, 0.15) is 41.8 Å². The first-order chi connectivity index (χ1) is 10.2. The Morgan fingerprint density at radius 1 is 1.14 bits per heavy atom. The Labute approximate surface area is 129 Å². The van der Waals surface area contributed by atoms with Gasteiger partial charge in [0.2, 0.25) is 0 Å². The van der Waals surface area contributed by atoms with Crippen LogP contribution in [0.3, 0.4) is 0 Å². The third-order valence-electron chi connectivity index (χ3n) is 5.23. The monoisotopic (exact) mass is 306 g/mol. The molecule has 1 aromatic heterocycles. The first-order valence-electron chi connectivity index (χ1n) is 8.03. The van der Waals surface area contributed by atoms with E-state index in [-0.39, 0.29) is 5.91 Å². The Bertz CT molecular complexity index is 540. The third kappa shape index (κ3) is 2.29. The van der Waals surface area contributed by atoms with E-state index in [9.17, 15) is 4.79 Å². The van der Waals surface area contributed by atoms with E-state index in [0.29, 0.717) is 10.7 Å².